The summed E-state index contributed by atoms with van der Waals surface area (Å²) < 4.78 is 6.56. The van der Waals surface area contributed by atoms with E-state index in [2.05, 4.69) is 24.4 Å². The van der Waals surface area contributed by atoms with Gasteiger partial charge >= 0.3 is 0 Å². The number of rotatable bonds is 2. The average Bonchev–Trinajstić information content (AvgIpc) is 2.58. The Kier molecular flexibility index (Phi) is 2.66. The van der Waals surface area contributed by atoms with Crippen molar-refractivity contribution in [1.82, 2.24) is 0 Å². The second kappa shape index (κ2) is 3.79. The van der Waals surface area contributed by atoms with E-state index in [4.69, 9.17) is 16.3 Å². The number of halogens is 1. The smallest absolute Gasteiger partial charge is 0.122 e. The predicted octanol–water partition coefficient (Wildman–Crippen LogP) is 3.96. The van der Waals surface area contributed by atoms with Gasteiger partial charge in [0.2, 0.25) is 0 Å². The molecule has 0 atom stereocenters. The van der Waals surface area contributed by atoms with E-state index in [0.29, 0.717) is 5.88 Å². The second-order valence-electron chi connectivity index (χ2n) is 3.21. The molecule has 2 rings (SSSR count). The molecule has 74 valence electrons. The molecule has 0 bridgehead atoms. The fourth-order valence-corrected chi connectivity index (χ4v) is 2.89. The van der Waals surface area contributed by atoms with Crippen molar-refractivity contribution in [1.29, 1.82) is 0 Å². The molecule has 0 saturated carbocycles. The second-order valence-corrected chi connectivity index (χ2v) is 4.39. The van der Waals surface area contributed by atoms with Crippen LogP contribution in [0.3, 0.4) is 0 Å². The number of aryl methyl sites for hydroxylation is 1. The average molecular weight is 227 g/mol. The Morgan fingerprint density at radius 2 is 2.21 bits per heavy atom. The van der Waals surface area contributed by atoms with Crippen LogP contribution in [0.1, 0.15) is 11.1 Å². The first-order chi connectivity index (χ1) is 6.76. The minimum absolute atomic E-state index is 0.562. The molecule has 2 aromatic rings. The lowest BCUT2D eigenvalue weighted by atomic mass is 10.1. The quantitative estimate of drug-likeness (QED) is 0.705. The topological polar surface area (TPSA) is 9.23 Å². The van der Waals surface area contributed by atoms with E-state index in [-0.39, 0.29) is 0 Å². The van der Waals surface area contributed by atoms with Crippen molar-refractivity contribution in [3.05, 3.63) is 28.6 Å². The van der Waals surface area contributed by atoms with Crippen molar-refractivity contribution < 1.29 is 4.74 Å². The molecule has 0 aliphatic heterocycles. The van der Waals surface area contributed by atoms with Gasteiger partial charge in [0.05, 0.1) is 7.11 Å². The van der Waals surface area contributed by atoms with E-state index in [1.807, 2.05) is 0 Å². The number of benzene rings is 1. The molecule has 0 spiro atoms. The standard InChI is InChI=1S/C11H11ClOS/c1-7-3-11-9(4-10(7)13-2)8(5-12)6-14-11/h3-4,6H,5H2,1-2H3. The van der Waals surface area contributed by atoms with Gasteiger partial charge in [-0.15, -0.1) is 22.9 Å². The summed E-state index contributed by atoms with van der Waals surface area (Å²) in [4.78, 5) is 0. The van der Waals surface area contributed by atoms with E-state index in [0.717, 1.165) is 5.75 Å². The normalized spacial score (nSPS) is 10.8. The van der Waals surface area contributed by atoms with Crippen LogP contribution in [0.15, 0.2) is 17.5 Å². The van der Waals surface area contributed by atoms with Crippen LogP contribution < -0.4 is 4.74 Å². The lowest BCUT2D eigenvalue weighted by molar-refractivity contribution is 0.412. The molecule has 0 aliphatic carbocycles. The summed E-state index contributed by atoms with van der Waals surface area (Å²) in [5, 5.41) is 3.32. The minimum Gasteiger partial charge on any atom is -0.496 e. The van der Waals surface area contributed by atoms with Crippen LogP contribution in [0.4, 0.5) is 0 Å². The van der Waals surface area contributed by atoms with Crippen LogP contribution in [-0.2, 0) is 5.88 Å². The van der Waals surface area contributed by atoms with Crippen molar-refractivity contribution in [2.45, 2.75) is 12.8 Å². The van der Waals surface area contributed by atoms with Gasteiger partial charge in [-0.2, -0.15) is 0 Å². The summed E-state index contributed by atoms with van der Waals surface area (Å²) in [6, 6.07) is 4.22. The lowest BCUT2D eigenvalue weighted by Gasteiger charge is -2.04. The molecular weight excluding hydrogens is 216 g/mol. The number of methoxy groups -OCH3 is 1. The molecule has 3 heteroatoms. The highest BCUT2D eigenvalue weighted by Crippen LogP contribution is 2.32. The summed E-state index contributed by atoms with van der Waals surface area (Å²) in [5.41, 5.74) is 2.35. The van der Waals surface area contributed by atoms with E-state index >= 15 is 0 Å². The summed E-state index contributed by atoms with van der Waals surface area (Å²) in [5.74, 6) is 1.49. The van der Waals surface area contributed by atoms with Crippen molar-refractivity contribution in [2.24, 2.45) is 0 Å². The Hall–Kier alpha value is -0.730. The Balaban J connectivity index is 2.70. The molecule has 0 N–H and O–H groups in total. The van der Waals surface area contributed by atoms with Gasteiger partial charge < -0.3 is 4.74 Å². The van der Waals surface area contributed by atoms with Gasteiger partial charge in [0.15, 0.2) is 0 Å². The Morgan fingerprint density at radius 1 is 1.43 bits per heavy atom. The molecule has 14 heavy (non-hydrogen) atoms. The fraction of sp³-hybridized carbons (Fsp3) is 0.273. The maximum Gasteiger partial charge on any atom is 0.122 e. The van der Waals surface area contributed by atoms with E-state index in [1.54, 1.807) is 18.4 Å². The Morgan fingerprint density at radius 3 is 2.86 bits per heavy atom. The van der Waals surface area contributed by atoms with E-state index < -0.39 is 0 Å². The zero-order valence-corrected chi connectivity index (χ0v) is 9.71. The van der Waals surface area contributed by atoms with Gasteiger partial charge in [-0.1, -0.05) is 0 Å². The van der Waals surface area contributed by atoms with Crippen molar-refractivity contribution in [3.63, 3.8) is 0 Å². The lowest BCUT2D eigenvalue weighted by Crippen LogP contribution is -1.86. The molecule has 1 aromatic carbocycles. The summed E-state index contributed by atoms with van der Waals surface area (Å²) in [6.07, 6.45) is 0. The Labute approximate surface area is 92.3 Å². The monoisotopic (exact) mass is 226 g/mol. The largest absolute Gasteiger partial charge is 0.496 e. The first-order valence-electron chi connectivity index (χ1n) is 4.37. The molecule has 1 nitrogen and oxygen atoms in total. The minimum atomic E-state index is 0.562. The summed E-state index contributed by atoms with van der Waals surface area (Å²) in [6.45, 7) is 2.05. The van der Waals surface area contributed by atoms with Gasteiger partial charge in [-0.3, -0.25) is 0 Å². The molecule has 0 radical (unpaired) electrons. The molecule has 1 heterocycles. The van der Waals surface area contributed by atoms with Crippen molar-refractivity contribution in [2.75, 3.05) is 7.11 Å². The maximum absolute atomic E-state index is 5.85. The van der Waals surface area contributed by atoms with Gasteiger partial charge in [0, 0.05) is 16.0 Å². The first kappa shape index (κ1) is 9.81. The van der Waals surface area contributed by atoms with Crippen LogP contribution >= 0.6 is 22.9 Å². The number of fused-ring (bicyclic) bond motifs is 1. The third-order valence-electron chi connectivity index (χ3n) is 2.32. The zero-order chi connectivity index (χ0) is 10.1. The van der Waals surface area contributed by atoms with Crippen LogP contribution in [0.5, 0.6) is 5.75 Å². The first-order valence-corrected chi connectivity index (χ1v) is 5.78. The molecule has 0 fully saturated rings. The van der Waals surface area contributed by atoms with E-state index in [1.165, 1.54) is 21.2 Å². The molecule has 0 amide bonds. The van der Waals surface area contributed by atoms with Crippen molar-refractivity contribution in [3.8, 4) is 5.75 Å². The molecule has 0 unspecified atom stereocenters. The summed E-state index contributed by atoms with van der Waals surface area (Å²) in [7, 11) is 1.70. The number of thiophene rings is 1. The van der Waals surface area contributed by atoms with E-state index in [9.17, 15) is 0 Å². The zero-order valence-electron chi connectivity index (χ0n) is 8.13. The Bertz CT molecular complexity index is 462. The number of hydrogen-bond acceptors (Lipinski definition) is 2. The molecule has 0 saturated heterocycles. The van der Waals surface area contributed by atoms with Crippen LogP contribution in [-0.4, -0.2) is 7.11 Å². The highest BCUT2D eigenvalue weighted by atomic mass is 35.5. The van der Waals surface area contributed by atoms with Crippen molar-refractivity contribution >= 4 is 33.0 Å². The number of ether oxygens (including phenoxy) is 1. The summed E-state index contributed by atoms with van der Waals surface area (Å²) >= 11 is 7.58. The SMILES string of the molecule is COc1cc2c(CCl)csc2cc1C. The third-order valence-corrected chi connectivity index (χ3v) is 3.60. The van der Waals surface area contributed by atoms with Crippen LogP contribution in [0, 0.1) is 6.92 Å². The number of hydrogen-bond donors (Lipinski definition) is 0. The number of alkyl halides is 1. The fourth-order valence-electron chi connectivity index (χ4n) is 1.53. The highest BCUT2D eigenvalue weighted by molar-refractivity contribution is 7.17. The van der Waals surface area contributed by atoms with Crippen LogP contribution in [0.2, 0.25) is 0 Å². The van der Waals surface area contributed by atoms with Crippen LogP contribution in [0.25, 0.3) is 10.1 Å². The third kappa shape index (κ3) is 1.49. The molecule has 1 aromatic heterocycles. The van der Waals surface area contributed by atoms with Gasteiger partial charge in [0.1, 0.15) is 5.75 Å². The molecule has 0 aliphatic rings. The predicted molar refractivity (Wildman–Crippen MR) is 62.7 cm³/mol. The maximum atomic E-state index is 5.85. The molecular formula is C11H11ClOS. The van der Waals surface area contributed by atoms with Gasteiger partial charge in [-0.25, -0.2) is 0 Å². The van der Waals surface area contributed by atoms with Gasteiger partial charge in [-0.05, 0) is 35.6 Å². The van der Waals surface area contributed by atoms with Gasteiger partial charge in [0.25, 0.3) is 0 Å². The highest BCUT2D eigenvalue weighted by Gasteiger charge is 2.06.